The summed E-state index contributed by atoms with van der Waals surface area (Å²) in [5, 5.41) is 3.06. The van der Waals surface area contributed by atoms with E-state index < -0.39 is 0 Å². The Morgan fingerprint density at radius 1 is 1.39 bits per heavy atom. The van der Waals surface area contributed by atoms with Crippen LogP contribution in [0.15, 0.2) is 24.3 Å². The first kappa shape index (κ1) is 13.0. The number of carbonyl (C=O) groups excluding carboxylic acids is 1. The number of carbonyl (C=O) groups is 1. The molecule has 1 aromatic carbocycles. The van der Waals surface area contributed by atoms with E-state index in [1.165, 1.54) is 6.07 Å². The maximum atomic E-state index is 13.3. The minimum atomic E-state index is -0.212. The zero-order valence-electron chi connectivity index (χ0n) is 10.3. The van der Waals surface area contributed by atoms with Crippen LogP contribution in [0.2, 0.25) is 0 Å². The molecule has 1 aromatic rings. The number of benzene rings is 1. The second kappa shape index (κ2) is 6.50. The van der Waals surface area contributed by atoms with Gasteiger partial charge in [0.05, 0.1) is 5.92 Å². The van der Waals surface area contributed by atoms with Crippen molar-refractivity contribution < 1.29 is 13.9 Å². The number of halogens is 1. The fraction of sp³-hybridized carbons (Fsp3) is 0.500. The normalized spacial score (nSPS) is 15.2. The van der Waals surface area contributed by atoms with Gasteiger partial charge in [0, 0.05) is 18.7 Å². The van der Waals surface area contributed by atoms with Crippen LogP contribution in [0, 0.1) is 11.7 Å². The van der Waals surface area contributed by atoms with Crippen molar-refractivity contribution in [3.05, 3.63) is 35.6 Å². The van der Waals surface area contributed by atoms with Crippen LogP contribution in [0.4, 0.5) is 4.39 Å². The highest BCUT2D eigenvalue weighted by molar-refractivity contribution is 5.73. The Bertz CT molecular complexity index is 405. The van der Waals surface area contributed by atoms with E-state index in [1.807, 2.05) is 0 Å². The Hall–Kier alpha value is -1.42. The van der Waals surface area contributed by atoms with E-state index in [0.717, 1.165) is 19.3 Å². The molecule has 4 heteroatoms. The van der Waals surface area contributed by atoms with Crippen molar-refractivity contribution in [1.82, 2.24) is 5.32 Å². The van der Waals surface area contributed by atoms with Gasteiger partial charge >= 0.3 is 5.97 Å². The summed E-state index contributed by atoms with van der Waals surface area (Å²) >= 11 is 0. The van der Waals surface area contributed by atoms with Gasteiger partial charge in [-0.3, -0.25) is 4.79 Å². The van der Waals surface area contributed by atoms with Gasteiger partial charge in [-0.15, -0.1) is 0 Å². The van der Waals surface area contributed by atoms with Crippen LogP contribution in [-0.4, -0.2) is 19.1 Å². The van der Waals surface area contributed by atoms with Crippen LogP contribution in [0.25, 0.3) is 0 Å². The second-order valence-electron chi connectivity index (χ2n) is 4.56. The molecule has 18 heavy (non-hydrogen) atoms. The quantitative estimate of drug-likeness (QED) is 0.622. The van der Waals surface area contributed by atoms with Crippen LogP contribution >= 0.6 is 0 Å². The Kier molecular flexibility index (Phi) is 4.70. The molecule has 0 spiro atoms. The lowest BCUT2D eigenvalue weighted by Gasteiger charge is -2.23. The number of nitrogens with one attached hydrogen (secondary N) is 1. The second-order valence-corrected chi connectivity index (χ2v) is 4.56. The van der Waals surface area contributed by atoms with E-state index in [9.17, 15) is 9.18 Å². The first-order chi connectivity index (χ1) is 8.77. The fourth-order valence-corrected chi connectivity index (χ4v) is 1.85. The summed E-state index contributed by atoms with van der Waals surface area (Å²) in [6, 6.07) is 6.65. The molecule has 0 bridgehead atoms. The van der Waals surface area contributed by atoms with Gasteiger partial charge in [-0.1, -0.05) is 24.6 Å². The van der Waals surface area contributed by atoms with E-state index in [-0.39, 0.29) is 17.7 Å². The van der Waals surface area contributed by atoms with Crippen LogP contribution in [0.1, 0.15) is 24.8 Å². The van der Waals surface area contributed by atoms with Gasteiger partial charge < -0.3 is 10.1 Å². The van der Waals surface area contributed by atoms with Crippen molar-refractivity contribution in [3.63, 3.8) is 0 Å². The highest BCUT2D eigenvalue weighted by atomic mass is 19.1. The Morgan fingerprint density at radius 2 is 2.17 bits per heavy atom. The minimum Gasteiger partial charge on any atom is -0.464 e. The third kappa shape index (κ3) is 3.53. The van der Waals surface area contributed by atoms with E-state index in [4.69, 9.17) is 4.74 Å². The van der Waals surface area contributed by atoms with E-state index >= 15 is 0 Å². The molecule has 0 heterocycles. The van der Waals surface area contributed by atoms with E-state index in [1.54, 1.807) is 18.2 Å². The first-order valence-corrected chi connectivity index (χ1v) is 6.38. The minimum absolute atomic E-state index is 0.0889. The largest absolute Gasteiger partial charge is 0.464 e. The van der Waals surface area contributed by atoms with Crippen LogP contribution in [-0.2, 0) is 16.1 Å². The average Bonchev–Trinajstić information content (AvgIpc) is 2.28. The summed E-state index contributed by atoms with van der Waals surface area (Å²) < 4.78 is 18.4. The molecule has 0 aromatic heterocycles. The molecular formula is C14H18FNO2. The standard InChI is InChI=1S/C14H18FNO2/c15-13-7-2-1-4-12(13)10-16-8-9-18-14(17)11-5-3-6-11/h1-2,4,7,11,16H,3,5-6,8-10H2. The summed E-state index contributed by atoms with van der Waals surface area (Å²) in [7, 11) is 0. The maximum Gasteiger partial charge on any atom is 0.308 e. The molecule has 1 N–H and O–H groups in total. The number of rotatable bonds is 6. The SMILES string of the molecule is O=C(OCCNCc1ccccc1F)C1CCC1. The topological polar surface area (TPSA) is 38.3 Å². The molecule has 3 nitrogen and oxygen atoms in total. The lowest BCUT2D eigenvalue weighted by Crippen LogP contribution is -2.27. The molecule has 0 radical (unpaired) electrons. The van der Waals surface area contributed by atoms with Crippen molar-refractivity contribution in [3.8, 4) is 0 Å². The van der Waals surface area contributed by atoms with Crippen LogP contribution in [0.3, 0.4) is 0 Å². The molecular weight excluding hydrogens is 233 g/mol. The number of hydrogen-bond donors (Lipinski definition) is 1. The summed E-state index contributed by atoms with van der Waals surface area (Å²) in [5.74, 6) is -0.179. The molecule has 0 unspecified atom stereocenters. The number of esters is 1. The van der Waals surface area contributed by atoms with Crippen molar-refractivity contribution in [2.45, 2.75) is 25.8 Å². The van der Waals surface area contributed by atoms with Gasteiger partial charge in [-0.05, 0) is 18.9 Å². The smallest absolute Gasteiger partial charge is 0.308 e. The highest BCUT2D eigenvalue weighted by Crippen LogP contribution is 2.27. The third-order valence-electron chi connectivity index (χ3n) is 3.23. The summed E-state index contributed by atoms with van der Waals surface area (Å²) in [5.41, 5.74) is 0.628. The molecule has 98 valence electrons. The summed E-state index contributed by atoms with van der Waals surface area (Å²) in [6.07, 6.45) is 3.05. The molecule has 1 saturated carbocycles. The maximum absolute atomic E-state index is 13.3. The molecule has 0 atom stereocenters. The van der Waals surface area contributed by atoms with Crippen LogP contribution < -0.4 is 5.32 Å². The van der Waals surface area contributed by atoms with Crippen molar-refractivity contribution in [2.75, 3.05) is 13.2 Å². The highest BCUT2D eigenvalue weighted by Gasteiger charge is 2.26. The Morgan fingerprint density at radius 3 is 2.83 bits per heavy atom. The molecule has 0 saturated heterocycles. The predicted octanol–water partition coefficient (Wildman–Crippen LogP) is 2.26. The van der Waals surface area contributed by atoms with E-state index in [0.29, 0.717) is 25.3 Å². The van der Waals surface area contributed by atoms with Crippen molar-refractivity contribution in [1.29, 1.82) is 0 Å². The Labute approximate surface area is 106 Å². The van der Waals surface area contributed by atoms with Gasteiger partial charge in [-0.25, -0.2) is 4.39 Å². The van der Waals surface area contributed by atoms with E-state index in [2.05, 4.69) is 5.32 Å². The summed E-state index contributed by atoms with van der Waals surface area (Å²) in [6.45, 7) is 1.35. The predicted molar refractivity (Wildman–Crippen MR) is 66.4 cm³/mol. The monoisotopic (exact) mass is 251 g/mol. The van der Waals surface area contributed by atoms with Gasteiger partial charge in [0.2, 0.25) is 0 Å². The Balaban J connectivity index is 1.58. The number of hydrogen-bond acceptors (Lipinski definition) is 3. The van der Waals surface area contributed by atoms with Gasteiger partial charge in [0.1, 0.15) is 12.4 Å². The fourth-order valence-electron chi connectivity index (χ4n) is 1.85. The molecule has 0 aliphatic heterocycles. The van der Waals surface area contributed by atoms with Crippen LogP contribution in [0.5, 0.6) is 0 Å². The average molecular weight is 251 g/mol. The molecule has 1 fully saturated rings. The lowest BCUT2D eigenvalue weighted by molar-refractivity contribution is -0.151. The lowest BCUT2D eigenvalue weighted by atomic mass is 9.86. The molecule has 1 aliphatic carbocycles. The van der Waals surface area contributed by atoms with Crippen molar-refractivity contribution in [2.24, 2.45) is 5.92 Å². The van der Waals surface area contributed by atoms with Gasteiger partial charge in [0.15, 0.2) is 0 Å². The summed E-state index contributed by atoms with van der Waals surface area (Å²) in [4.78, 5) is 11.4. The zero-order valence-corrected chi connectivity index (χ0v) is 10.3. The van der Waals surface area contributed by atoms with Crippen molar-refractivity contribution >= 4 is 5.97 Å². The molecule has 0 amide bonds. The third-order valence-corrected chi connectivity index (χ3v) is 3.23. The first-order valence-electron chi connectivity index (χ1n) is 6.38. The molecule has 2 rings (SSSR count). The number of ether oxygens (including phenoxy) is 1. The molecule has 1 aliphatic rings. The van der Waals surface area contributed by atoms with Gasteiger partial charge in [0.25, 0.3) is 0 Å². The van der Waals surface area contributed by atoms with Gasteiger partial charge in [-0.2, -0.15) is 0 Å². The zero-order chi connectivity index (χ0) is 12.8.